The summed E-state index contributed by atoms with van der Waals surface area (Å²) >= 11 is 0. The summed E-state index contributed by atoms with van der Waals surface area (Å²) in [7, 11) is 0.728. The van der Waals surface area contributed by atoms with E-state index in [1.807, 2.05) is 12.2 Å². The van der Waals surface area contributed by atoms with Crippen molar-refractivity contribution in [3.63, 3.8) is 0 Å². The fraction of sp³-hybridized carbons (Fsp3) is 0.556. The van der Waals surface area contributed by atoms with Gasteiger partial charge in [0.2, 0.25) is 0 Å². The van der Waals surface area contributed by atoms with Gasteiger partial charge < -0.3 is 4.43 Å². The van der Waals surface area contributed by atoms with E-state index in [-0.39, 0.29) is 5.60 Å². The Bertz CT molecular complexity index is 132. The summed E-state index contributed by atoms with van der Waals surface area (Å²) in [6.45, 7) is 11.8. The molecule has 64 valence electrons. The highest BCUT2D eigenvalue weighted by Crippen LogP contribution is 2.22. The predicted octanol–water partition coefficient (Wildman–Crippen LogP) is 1.44. The molecule has 0 heterocycles. The zero-order chi connectivity index (χ0) is 8.91. The molecule has 0 aliphatic heterocycles. The van der Waals surface area contributed by atoms with Crippen LogP contribution in [0.25, 0.3) is 0 Å². The van der Waals surface area contributed by atoms with Crippen LogP contribution in [0.2, 0.25) is 0 Å². The third-order valence-corrected chi connectivity index (χ3v) is 2.56. The summed E-state index contributed by atoms with van der Waals surface area (Å²) in [5.41, 5.74) is -0.264. The molecule has 2 heteroatoms. The second-order valence-electron chi connectivity index (χ2n) is 3.17. The predicted molar refractivity (Wildman–Crippen MR) is 53.6 cm³/mol. The Morgan fingerprint density at radius 1 is 1.45 bits per heavy atom. The van der Waals surface area contributed by atoms with Crippen molar-refractivity contribution in [1.82, 2.24) is 0 Å². The second-order valence-corrected chi connectivity index (χ2v) is 3.57. The van der Waals surface area contributed by atoms with E-state index < -0.39 is 0 Å². The Morgan fingerprint density at radius 2 is 1.91 bits per heavy atom. The lowest BCUT2D eigenvalue weighted by Gasteiger charge is -2.27. The normalized spacial score (nSPS) is 11.9. The van der Waals surface area contributed by atoms with Gasteiger partial charge in [-0.15, -0.1) is 0 Å². The Morgan fingerprint density at radius 3 is 2.00 bits per heavy atom. The first kappa shape index (κ1) is 10.7. The van der Waals surface area contributed by atoms with Crippen LogP contribution in [-0.2, 0) is 4.43 Å². The molecule has 0 bridgehead atoms. The van der Waals surface area contributed by atoms with Crippen LogP contribution in [-0.4, -0.2) is 16.1 Å². The van der Waals surface area contributed by atoms with Gasteiger partial charge in [-0.2, -0.15) is 0 Å². The third kappa shape index (κ3) is 3.04. The van der Waals surface area contributed by atoms with Gasteiger partial charge >= 0.3 is 0 Å². The molecule has 11 heavy (non-hydrogen) atoms. The molecule has 0 aromatic carbocycles. The van der Waals surface area contributed by atoms with Crippen molar-refractivity contribution in [3.8, 4) is 0 Å². The van der Waals surface area contributed by atoms with Crippen LogP contribution in [0.1, 0.15) is 20.3 Å². The van der Waals surface area contributed by atoms with Crippen molar-refractivity contribution in [1.29, 1.82) is 0 Å². The molecular weight excluding hydrogens is 152 g/mol. The minimum atomic E-state index is -0.264. The van der Waals surface area contributed by atoms with Crippen molar-refractivity contribution in [2.75, 3.05) is 0 Å². The lowest BCUT2D eigenvalue weighted by molar-refractivity contribution is 0.160. The molecule has 0 atom stereocenters. The molecule has 0 aliphatic carbocycles. The van der Waals surface area contributed by atoms with Gasteiger partial charge in [-0.3, -0.25) is 0 Å². The average molecular weight is 170 g/mol. The van der Waals surface area contributed by atoms with Gasteiger partial charge in [0.15, 0.2) is 0 Å². The Hall–Kier alpha value is -0.343. The largest absolute Gasteiger partial charge is 0.416 e. The molecule has 0 unspecified atom stereocenters. The molecule has 0 amide bonds. The fourth-order valence-corrected chi connectivity index (χ4v) is 1.64. The number of hydrogen-bond donors (Lipinski definition) is 0. The Labute approximate surface area is 72.7 Å². The molecule has 0 N–H and O–H groups in total. The van der Waals surface area contributed by atoms with Crippen molar-refractivity contribution in [2.45, 2.75) is 25.9 Å². The molecule has 0 fully saturated rings. The maximum atomic E-state index is 5.45. The summed E-state index contributed by atoms with van der Waals surface area (Å²) < 4.78 is 5.45. The topological polar surface area (TPSA) is 9.23 Å². The summed E-state index contributed by atoms with van der Waals surface area (Å²) in [5, 5.41) is 0. The zero-order valence-electron chi connectivity index (χ0n) is 7.76. The molecule has 1 nitrogen and oxygen atoms in total. The molecule has 0 rings (SSSR count). The molecule has 0 aromatic heterocycles. The SMILES string of the molecule is C=CC(C=C)(CC(C)C)O[SiH3]. The van der Waals surface area contributed by atoms with Gasteiger partial charge in [-0.25, -0.2) is 0 Å². The van der Waals surface area contributed by atoms with Gasteiger partial charge in [0.05, 0.1) is 5.60 Å². The highest BCUT2D eigenvalue weighted by molar-refractivity contribution is 5.98. The van der Waals surface area contributed by atoms with E-state index in [2.05, 4.69) is 27.0 Å². The smallest absolute Gasteiger partial charge is 0.147 e. The van der Waals surface area contributed by atoms with Crippen molar-refractivity contribution >= 4 is 10.5 Å². The molecule has 0 aliphatic rings. The van der Waals surface area contributed by atoms with E-state index in [0.717, 1.165) is 16.9 Å². The first-order valence-corrected chi connectivity index (χ1v) is 4.74. The second kappa shape index (κ2) is 4.52. The summed E-state index contributed by atoms with van der Waals surface area (Å²) in [4.78, 5) is 0. The molecule has 0 saturated heterocycles. The van der Waals surface area contributed by atoms with E-state index in [0.29, 0.717) is 5.92 Å². The molecule has 0 saturated carbocycles. The van der Waals surface area contributed by atoms with E-state index in [1.165, 1.54) is 0 Å². The fourth-order valence-electron chi connectivity index (χ4n) is 1.14. The Kier molecular flexibility index (Phi) is 4.38. The van der Waals surface area contributed by atoms with Gasteiger partial charge in [-0.1, -0.05) is 39.2 Å². The first-order chi connectivity index (χ1) is 5.10. The van der Waals surface area contributed by atoms with E-state index in [1.54, 1.807) is 0 Å². The van der Waals surface area contributed by atoms with Crippen LogP contribution in [0, 0.1) is 5.92 Å². The highest BCUT2D eigenvalue weighted by Gasteiger charge is 2.21. The van der Waals surface area contributed by atoms with E-state index in [9.17, 15) is 0 Å². The monoisotopic (exact) mass is 170 g/mol. The van der Waals surface area contributed by atoms with Gasteiger partial charge in [0, 0.05) is 0 Å². The van der Waals surface area contributed by atoms with Crippen molar-refractivity contribution < 1.29 is 4.43 Å². The molecule has 0 aromatic rings. The highest BCUT2D eigenvalue weighted by atomic mass is 28.2. The van der Waals surface area contributed by atoms with Crippen LogP contribution in [0.15, 0.2) is 25.3 Å². The minimum Gasteiger partial charge on any atom is -0.416 e. The van der Waals surface area contributed by atoms with Gasteiger partial charge in [-0.05, 0) is 12.3 Å². The zero-order valence-corrected chi connectivity index (χ0v) is 9.76. The van der Waals surface area contributed by atoms with Crippen molar-refractivity contribution in [2.24, 2.45) is 5.92 Å². The minimum absolute atomic E-state index is 0.264. The van der Waals surface area contributed by atoms with Crippen LogP contribution in [0.4, 0.5) is 0 Å². The molecule has 0 spiro atoms. The summed E-state index contributed by atoms with van der Waals surface area (Å²) in [6.07, 6.45) is 4.66. The van der Waals surface area contributed by atoms with Gasteiger partial charge in [0.1, 0.15) is 10.5 Å². The average Bonchev–Trinajstić information content (AvgIpc) is 2.00. The third-order valence-electron chi connectivity index (χ3n) is 1.80. The first-order valence-electron chi connectivity index (χ1n) is 3.92. The van der Waals surface area contributed by atoms with Crippen LogP contribution < -0.4 is 0 Å². The Balaban J connectivity index is 4.28. The summed E-state index contributed by atoms with van der Waals surface area (Å²) in [5.74, 6) is 0.611. The van der Waals surface area contributed by atoms with Gasteiger partial charge in [0.25, 0.3) is 0 Å². The quantitative estimate of drug-likeness (QED) is 0.448. The van der Waals surface area contributed by atoms with E-state index >= 15 is 0 Å². The van der Waals surface area contributed by atoms with Crippen molar-refractivity contribution in [3.05, 3.63) is 25.3 Å². The lowest BCUT2D eigenvalue weighted by Crippen LogP contribution is -2.28. The van der Waals surface area contributed by atoms with Crippen LogP contribution >= 0.6 is 0 Å². The maximum absolute atomic E-state index is 5.45. The molecular formula is C9H18OSi. The van der Waals surface area contributed by atoms with E-state index in [4.69, 9.17) is 4.43 Å². The van der Waals surface area contributed by atoms with Crippen LogP contribution in [0.5, 0.6) is 0 Å². The number of rotatable bonds is 5. The standard InChI is InChI=1S/C9H18OSi/c1-5-9(6-2,10-11)7-8(3)4/h5-6,8H,1-2,7H2,3-4,11H3. The van der Waals surface area contributed by atoms with Crippen LogP contribution in [0.3, 0.4) is 0 Å². The molecule has 0 radical (unpaired) electrons. The summed E-state index contributed by atoms with van der Waals surface area (Å²) in [6, 6.07) is 0. The maximum Gasteiger partial charge on any atom is 0.147 e. The number of hydrogen-bond acceptors (Lipinski definition) is 1. The lowest BCUT2D eigenvalue weighted by atomic mass is 9.93.